The number of hydrogen-bond acceptors (Lipinski definition) is 5. The summed E-state index contributed by atoms with van der Waals surface area (Å²) >= 11 is 13.5. The zero-order valence-electron chi connectivity index (χ0n) is 16.0. The van der Waals surface area contributed by atoms with Crippen molar-refractivity contribution in [1.82, 2.24) is 5.32 Å². The predicted molar refractivity (Wildman–Crippen MR) is 123 cm³/mol. The molecule has 4 rings (SSSR count). The molecule has 1 amide bonds. The molecule has 8 heteroatoms. The van der Waals surface area contributed by atoms with Crippen LogP contribution in [0.2, 0.25) is 10.0 Å². The van der Waals surface area contributed by atoms with Gasteiger partial charge >= 0.3 is 0 Å². The van der Waals surface area contributed by atoms with Crippen molar-refractivity contribution in [1.29, 1.82) is 0 Å². The molecule has 0 aliphatic carbocycles. The number of carbonyl (C=O) groups excluding carboxylic acids is 1. The fourth-order valence-electron chi connectivity index (χ4n) is 2.87. The van der Waals surface area contributed by atoms with Gasteiger partial charge in [-0.3, -0.25) is 4.79 Å². The summed E-state index contributed by atoms with van der Waals surface area (Å²) in [6.07, 6.45) is 1.66. The number of aliphatic imine (C=N–C) groups is 1. The largest absolute Gasteiger partial charge is 0.494 e. The van der Waals surface area contributed by atoms with Crippen LogP contribution in [0.1, 0.15) is 11.3 Å². The third kappa shape index (κ3) is 4.41. The summed E-state index contributed by atoms with van der Waals surface area (Å²) in [6.45, 7) is 1.97. The van der Waals surface area contributed by atoms with Crippen molar-refractivity contribution in [3.63, 3.8) is 0 Å². The second-order valence-electron chi connectivity index (χ2n) is 6.48. The molecule has 1 aromatic heterocycles. The zero-order chi connectivity index (χ0) is 21.3. The molecule has 2 aromatic carbocycles. The SMILES string of the molecule is COc1ccc(C)cc1N=C1NC(=O)/C(=C/c2ccc(-c3cc(Cl)ccc3Cl)o2)S1. The summed E-state index contributed by atoms with van der Waals surface area (Å²) in [7, 11) is 1.58. The van der Waals surface area contributed by atoms with E-state index in [2.05, 4.69) is 10.3 Å². The first-order valence-corrected chi connectivity index (χ1v) is 10.5. The predicted octanol–water partition coefficient (Wildman–Crippen LogP) is 6.46. The van der Waals surface area contributed by atoms with Gasteiger partial charge in [0.2, 0.25) is 0 Å². The van der Waals surface area contributed by atoms with Gasteiger partial charge in [0.05, 0.1) is 17.0 Å². The molecule has 0 radical (unpaired) electrons. The van der Waals surface area contributed by atoms with Crippen LogP contribution in [0, 0.1) is 6.92 Å². The van der Waals surface area contributed by atoms with Crippen LogP contribution >= 0.6 is 35.0 Å². The molecule has 0 saturated carbocycles. The summed E-state index contributed by atoms with van der Waals surface area (Å²) in [6, 6.07) is 14.4. The average Bonchev–Trinajstić information content (AvgIpc) is 3.31. The molecule has 0 atom stereocenters. The third-order valence-corrected chi connectivity index (χ3v) is 5.78. The molecule has 30 heavy (non-hydrogen) atoms. The van der Waals surface area contributed by atoms with Crippen molar-refractivity contribution in [2.24, 2.45) is 4.99 Å². The molecule has 0 bridgehead atoms. The number of aryl methyl sites for hydroxylation is 1. The minimum atomic E-state index is -0.246. The molecular weight excluding hydrogens is 443 g/mol. The number of rotatable bonds is 4. The Balaban J connectivity index is 1.59. The Morgan fingerprint density at radius 2 is 1.97 bits per heavy atom. The van der Waals surface area contributed by atoms with Crippen molar-refractivity contribution >= 4 is 57.8 Å². The van der Waals surface area contributed by atoms with Crippen LogP contribution in [-0.4, -0.2) is 18.2 Å². The summed E-state index contributed by atoms with van der Waals surface area (Å²) in [5.74, 6) is 1.47. The van der Waals surface area contributed by atoms with E-state index in [1.807, 2.05) is 25.1 Å². The lowest BCUT2D eigenvalue weighted by Gasteiger charge is -2.05. The van der Waals surface area contributed by atoms with Gasteiger partial charge in [0.1, 0.15) is 23.0 Å². The first-order chi connectivity index (χ1) is 14.4. The number of nitrogens with zero attached hydrogens (tertiary/aromatic N) is 1. The van der Waals surface area contributed by atoms with Gasteiger partial charge in [-0.25, -0.2) is 4.99 Å². The fraction of sp³-hybridized carbons (Fsp3) is 0.0909. The van der Waals surface area contributed by atoms with Gasteiger partial charge in [-0.05, 0) is 66.7 Å². The highest BCUT2D eigenvalue weighted by atomic mass is 35.5. The van der Waals surface area contributed by atoms with Crippen LogP contribution in [0.4, 0.5) is 5.69 Å². The number of nitrogens with one attached hydrogen (secondary N) is 1. The summed E-state index contributed by atoms with van der Waals surface area (Å²) in [5, 5.41) is 4.33. The number of thioether (sulfide) groups is 1. The Kier molecular flexibility index (Phi) is 5.90. The fourth-order valence-corrected chi connectivity index (χ4v) is 4.07. The van der Waals surface area contributed by atoms with Crippen molar-refractivity contribution in [2.75, 3.05) is 7.11 Å². The lowest BCUT2D eigenvalue weighted by atomic mass is 10.2. The van der Waals surface area contributed by atoms with Crippen LogP contribution in [0.15, 0.2) is 62.8 Å². The van der Waals surface area contributed by atoms with E-state index in [0.29, 0.717) is 48.6 Å². The second-order valence-corrected chi connectivity index (χ2v) is 8.36. The maximum atomic E-state index is 12.4. The Morgan fingerprint density at radius 1 is 1.13 bits per heavy atom. The summed E-state index contributed by atoms with van der Waals surface area (Å²) in [4.78, 5) is 17.4. The number of hydrogen-bond donors (Lipinski definition) is 1. The van der Waals surface area contributed by atoms with Crippen molar-refractivity contribution in [3.8, 4) is 17.1 Å². The molecule has 1 aliphatic rings. The van der Waals surface area contributed by atoms with E-state index < -0.39 is 0 Å². The number of benzene rings is 2. The number of ether oxygens (including phenoxy) is 1. The Labute approximate surface area is 187 Å². The monoisotopic (exact) mass is 458 g/mol. The Morgan fingerprint density at radius 3 is 2.77 bits per heavy atom. The molecule has 0 unspecified atom stereocenters. The lowest BCUT2D eigenvalue weighted by molar-refractivity contribution is -0.115. The molecule has 2 heterocycles. The lowest BCUT2D eigenvalue weighted by Crippen LogP contribution is -2.19. The highest BCUT2D eigenvalue weighted by Crippen LogP contribution is 2.35. The molecule has 3 aromatic rings. The quantitative estimate of drug-likeness (QED) is 0.455. The summed E-state index contributed by atoms with van der Waals surface area (Å²) < 4.78 is 11.2. The highest BCUT2D eigenvalue weighted by molar-refractivity contribution is 8.18. The van der Waals surface area contributed by atoms with Crippen LogP contribution in [-0.2, 0) is 4.79 Å². The molecule has 1 N–H and O–H groups in total. The molecule has 5 nitrogen and oxygen atoms in total. The number of carbonyl (C=O) groups is 1. The van der Waals surface area contributed by atoms with Crippen LogP contribution in [0.25, 0.3) is 17.4 Å². The molecule has 152 valence electrons. The number of amidine groups is 1. The van der Waals surface area contributed by atoms with Crippen molar-refractivity contribution in [2.45, 2.75) is 6.92 Å². The van der Waals surface area contributed by atoms with Gasteiger partial charge in [0.25, 0.3) is 5.91 Å². The zero-order valence-corrected chi connectivity index (χ0v) is 18.4. The number of furan rings is 1. The molecule has 1 aliphatic heterocycles. The standard InChI is InChI=1S/C22H16Cl2N2O3S/c1-12-3-7-19(28-2)17(9-12)25-22-26-21(27)20(30-22)11-14-5-8-18(29-14)15-10-13(23)4-6-16(15)24/h3-11H,1-2H3,(H,25,26,27)/b20-11-. The van der Waals surface area contributed by atoms with E-state index in [4.69, 9.17) is 32.4 Å². The minimum Gasteiger partial charge on any atom is -0.494 e. The average molecular weight is 459 g/mol. The molecule has 1 saturated heterocycles. The normalized spacial score (nSPS) is 16.3. The first-order valence-electron chi connectivity index (χ1n) is 8.92. The van der Waals surface area contributed by atoms with Gasteiger partial charge in [-0.15, -0.1) is 0 Å². The molecule has 1 fully saturated rings. The van der Waals surface area contributed by atoms with Crippen molar-refractivity contribution in [3.05, 3.63) is 74.8 Å². The van der Waals surface area contributed by atoms with Gasteiger partial charge in [-0.2, -0.15) is 0 Å². The van der Waals surface area contributed by atoms with E-state index in [1.165, 1.54) is 11.8 Å². The van der Waals surface area contributed by atoms with E-state index >= 15 is 0 Å². The van der Waals surface area contributed by atoms with Crippen LogP contribution in [0.3, 0.4) is 0 Å². The molecule has 0 spiro atoms. The van der Waals surface area contributed by atoms with Gasteiger partial charge in [0, 0.05) is 16.7 Å². The van der Waals surface area contributed by atoms with E-state index in [0.717, 1.165) is 5.56 Å². The minimum absolute atomic E-state index is 0.246. The number of amides is 1. The third-order valence-electron chi connectivity index (χ3n) is 4.30. The highest BCUT2D eigenvalue weighted by Gasteiger charge is 2.25. The van der Waals surface area contributed by atoms with E-state index in [9.17, 15) is 4.79 Å². The number of methoxy groups -OCH3 is 1. The van der Waals surface area contributed by atoms with Gasteiger partial charge < -0.3 is 14.5 Å². The van der Waals surface area contributed by atoms with Gasteiger partial charge in [0.15, 0.2) is 5.17 Å². The van der Waals surface area contributed by atoms with Gasteiger partial charge in [-0.1, -0.05) is 29.3 Å². The first kappa shape index (κ1) is 20.6. The number of halogens is 2. The van der Waals surface area contributed by atoms with Crippen LogP contribution in [0.5, 0.6) is 5.75 Å². The van der Waals surface area contributed by atoms with Crippen LogP contribution < -0.4 is 10.1 Å². The summed E-state index contributed by atoms with van der Waals surface area (Å²) in [5.41, 5.74) is 2.38. The van der Waals surface area contributed by atoms with Crippen molar-refractivity contribution < 1.29 is 13.9 Å². The Bertz CT molecular complexity index is 1200. The maximum Gasteiger partial charge on any atom is 0.264 e. The topological polar surface area (TPSA) is 63.8 Å². The Hall–Kier alpha value is -2.67. The van der Waals surface area contributed by atoms with E-state index in [-0.39, 0.29) is 5.91 Å². The van der Waals surface area contributed by atoms with E-state index in [1.54, 1.807) is 43.5 Å². The second kappa shape index (κ2) is 8.60. The maximum absolute atomic E-state index is 12.4. The smallest absolute Gasteiger partial charge is 0.264 e. The molecular formula is C22H16Cl2N2O3S.